The molecule has 0 rings (SSSR count). The fourth-order valence-electron chi connectivity index (χ4n) is 0. The minimum Gasteiger partial charge on any atom is -1.00 e. The molecule has 0 spiro atoms. The van der Waals surface area contributed by atoms with Crippen LogP contribution in [0.25, 0.3) is 0 Å². The molecular weight excluding hydrogens is 123 g/mol. The first-order chi connectivity index (χ1) is 2.64. The molecule has 0 aliphatic heterocycles. The largest absolute Gasteiger partial charge is 1.00 e. The number of hydrogen-bond acceptors (Lipinski definition) is 2. The Morgan fingerprint density at radius 2 is 2.14 bits per heavy atom. The van der Waals surface area contributed by atoms with E-state index in [1.54, 1.807) is 0 Å². The van der Waals surface area contributed by atoms with Crippen molar-refractivity contribution in [2.45, 2.75) is 13.0 Å². The van der Waals surface area contributed by atoms with Crippen LogP contribution >= 0.6 is 12.6 Å². The molecule has 7 heavy (non-hydrogen) atoms. The first-order valence-electron chi connectivity index (χ1n) is 1.55. The summed E-state index contributed by atoms with van der Waals surface area (Å²) in [5.74, 6) is 0. The molecule has 0 saturated heterocycles. The van der Waals surface area contributed by atoms with Crippen molar-refractivity contribution in [2.75, 3.05) is 0 Å². The SMILES string of the molecule is CC(O)C(=O)S.[H-].[Na+]. The molecule has 0 aromatic carbocycles. The van der Waals surface area contributed by atoms with E-state index in [9.17, 15) is 4.79 Å². The number of thiol groups is 1. The zero-order valence-corrected chi connectivity index (χ0v) is 7.27. The summed E-state index contributed by atoms with van der Waals surface area (Å²) in [6.07, 6.45) is -0.923. The fraction of sp³-hybridized carbons (Fsp3) is 0.667. The maximum Gasteiger partial charge on any atom is 1.00 e. The van der Waals surface area contributed by atoms with Crippen molar-refractivity contribution < 1.29 is 40.9 Å². The first kappa shape index (κ1) is 10.9. The van der Waals surface area contributed by atoms with E-state index in [1.165, 1.54) is 6.92 Å². The van der Waals surface area contributed by atoms with Gasteiger partial charge in [0.1, 0.15) is 6.10 Å². The van der Waals surface area contributed by atoms with Gasteiger partial charge in [0, 0.05) is 0 Å². The van der Waals surface area contributed by atoms with Gasteiger partial charge < -0.3 is 6.53 Å². The summed E-state index contributed by atoms with van der Waals surface area (Å²) in [6, 6.07) is 0. The Bertz CT molecular complexity index is 68.3. The van der Waals surface area contributed by atoms with Crippen LogP contribution in [0.1, 0.15) is 8.35 Å². The summed E-state index contributed by atoms with van der Waals surface area (Å²) in [5, 5.41) is 7.71. The van der Waals surface area contributed by atoms with E-state index in [2.05, 4.69) is 12.6 Å². The topological polar surface area (TPSA) is 37.3 Å². The van der Waals surface area contributed by atoms with Crippen LogP contribution in [0.2, 0.25) is 0 Å². The molecular formula is C3H7NaO2S. The van der Waals surface area contributed by atoms with E-state index < -0.39 is 11.2 Å². The third kappa shape index (κ3) is 6.98. The fourth-order valence-corrected chi connectivity index (χ4v) is 0. The molecule has 0 amide bonds. The molecule has 0 fully saturated rings. The molecule has 0 aromatic heterocycles. The van der Waals surface area contributed by atoms with Gasteiger partial charge in [-0.05, 0) is 6.92 Å². The predicted molar refractivity (Wildman–Crippen MR) is 26.8 cm³/mol. The van der Waals surface area contributed by atoms with Crippen LogP contribution in [0.4, 0.5) is 0 Å². The van der Waals surface area contributed by atoms with E-state index in [0.717, 1.165) is 0 Å². The van der Waals surface area contributed by atoms with Crippen molar-refractivity contribution in [3.05, 3.63) is 0 Å². The van der Waals surface area contributed by atoms with Crippen LogP contribution in [0.5, 0.6) is 0 Å². The summed E-state index contributed by atoms with van der Waals surface area (Å²) in [4.78, 5) is 9.76. The monoisotopic (exact) mass is 130 g/mol. The molecule has 0 saturated carbocycles. The number of rotatable bonds is 1. The maximum absolute atomic E-state index is 9.76. The zero-order chi connectivity index (χ0) is 5.15. The molecule has 0 radical (unpaired) electrons. The normalized spacial score (nSPS) is 11.9. The van der Waals surface area contributed by atoms with Crippen molar-refractivity contribution >= 4 is 17.7 Å². The molecule has 1 atom stereocenters. The third-order valence-corrected chi connectivity index (χ3v) is 0.731. The first-order valence-corrected chi connectivity index (χ1v) is 2.00. The van der Waals surface area contributed by atoms with Crippen LogP contribution in [-0.2, 0) is 4.79 Å². The minimum atomic E-state index is -0.923. The van der Waals surface area contributed by atoms with E-state index in [0.29, 0.717) is 0 Å². The van der Waals surface area contributed by atoms with Crippen LogP contribution in [0, 0.1) is 0 Å². The van der Waals surface area contributed by atoms with Crippen molar-refractivity contribution in [2.24, 2.45) is 0 Å². The Kier molecular flexibility index (Phi) is 7.96. The van der Waals surface area contributed by atoms with E-state index >= 15 is 0 Å². The summed E-state index contributed by atoms with van der Waals surface area (Å²) in [7, 11) is 0. The molecule has 0 heterocycles. The van der Waals surface area contributed by atoms with E-state index in [1.807, 2.05) is 0 Å². The van der Waals surface area contributed by atoms with E-state index in [4.69, 9.17) is 5.11 Å². The Labute approximate surface area is 71.5 Å². The predicted octanol–water partition coefficient (Wildman–Crippen LogP) is -3.06. The Hall–Kier alpha value is 0.980. The summed E-state index contributed by atoms with van der Waals surface area (Å²) in [5.41, 5.74) is 0. The van der Waals surface area contributed by atoms with Crippen molar-refractivity contribution in [1.82, 2.24) is 0 Å². The van der Waals surface area contributed by atoms with Gasteiger partial charge in [0.15, 0.2) is 0 Å². The smallest absolute Gasteiger partial charge is 1.00 e. The van der Waals surface area contributed by atoms with Gasteiger partial charge in [-0.25, -0.2) is 0 Å². The molecule has 0 bridgehead atoms. The minimum absolute atomic E-state index is 0. The van der Waals surface area contributed by atoms with Crippen molar-refractivity contribution in [3.8, 4) is 0 Å². The number of aliphatic hydroxyl groups excluding tert-OH is 1. The van der Waals surface area contributed by atoms with E-state index in [-0.39, 0.29) is 31.0 Å². The molecule has 2 nitrogen and oxygen atoms in total. The average Bonchev–Trinajstić information content (AvgIpc) is 1.36. The Balaban J connectivity index is -0.000000125. The molecule has 38 valence electrons. The maximum atomic E-state index is 9.76. The van der Waals surface area contributed by atoms with Crippen LogP contribution in [-0.4, -0.2) is 16.3 Å². The van der Waals surface area contributed by atoms with Gasteiger partial charge in [0.25, 0.3) is 0 Å². The van der Waals surface area contributed by atoms with Gasteiger partial charge in [-0.1, -0.05) is 0 Å². The second-order valence-corrected chi connectivity index (χ2v) is 1.45. The molecule has 1 unspecified atom stereocenters. The second kappa shape index (κ2) is 5.12. The molecule has 1 N–H and O–H groups in total. The van der Waals surface area contributed by atoms with Crippen molar-refractivity contribution in [3.63, 3.8) is 0 Å². The van der Waals surface area contributed by atoms with Crippen LogP contribution in [0.3, 0.4) is 0 Å². The Morgan fingerprint density at radius 3 is 2.14 bits per heavy atom. The van der Waals surface area contributed by atoms with Gasteiger partial charge in [-0.15, -0.1) is 12.6 Å². The van der Waals surface area contributed by atoms with Gasteiger partial charge in [-0.2, -0.15) is 0 Å². The van der Waals surface area contributed by atoms with Crippen LogP contribution in [0.15, 0.2) is 0 Å². The summed E-state index contributed by atoms with van der Waals surface area (Å²) < 4.78 is 0. The number of carbonyl (C=O) groups excluding carboxylic acids is 1. The third-order valence-electron chi connectivity index (χ3n) is 0.357. The van der Waals surface area contributed by atoms with Crippen molar-refractivity contribution in [1.29, 1.82) is 0 Å². The standard InChI is InChI=1S/C3H6O2S.Na.H/c1-2(4)3(5)6;;/h2,4H,1H3,(H,5,6);;/q;+1;-1. The van der Waals surface area contributed by atoms with Gasteiger partial charge in [-0.3, -0.25) is 4.79 Å². The summed E-state index contributed by atoms with van der Waals surface area (Å²) >= 11 is 3.30. The zero-order valence-electron chi connectivity index (χ0n) is 5.38. The molecule has 4 heteroatoms. The van der Waals surface area contributed by atoms with Crippen LogP contribution < -0.4 is 29.6 Å². The molecule has 0 aliphatic rings. The summed E-state index contributed by atoms with van der Waals surface area (Å²) in [6.45, 7) is 1.37. The van der Waals surface area contributed by atoms with Gasteiger partial charge >= 0.3 is 29.6 Å². The van der Waals surface area contributed by atoms with Gasteiger partial charge in [0.2, 0.25) is 5.12 Å². The number of carbonyl (C=O) groups is 1. The number of hydrogen-bond donors (Lipinski definition) is 2. The average molecular weight is 130 g/mol. The van der Waals surface area contributed by atoms with Gasteiger partial charge in [0.05, 0.1) is 0 Å². The number of aliphatic hydroxyl groups is 1. The second-order valence-electron chi connectivity index (χ2n) is 1.01. The molecule has 0 aliphatic carbocycles. The molecule has 0 aromatic rings. The Morgan fingerprint density at radius 1 is 2.00 bits per heavy atom. The quantitative estimate of drug-likeness (QED) is 0.292.